The van der Waals surface area contributed by atoms with Gasteiger partial charge in [0.25, 0.3) is 0 Å². The molecule has 3 aromatic rings. The van der Waals surface area contributed by atoms with Gasteiger partial charge in [-0.15, -0.1) is 12.4 Å². The van der Waals surface area contributed by atoms with Crippen LogP contribution in [0.25, 0.3) is 10.9 Å². The van der Waals surface area contributed by atoms with Gasteiger partial charge in [-0.2, -0.15) is 13.2 Å². The van der Waals surface area contributed by atoms with E-state index < -0.39 is 11.7 Å². The topological polar surface area (TPSA) is 17.0 Å². The normalized spacial score (nSPS) is 15.6. The molecule has 0 saturated carbocycles. The number of nitrogens with one attached hydrogen (secondary N) is 1. The van der Waals surface area contributed by atoms with Crippen molar-refractivity contribution in [2.75, 3.05) is 13.1 Å². The first-order chi connectivity index (χ1) is 12.9. The molecule has 1 aliphatic rings. The van der Waals surface area contributed by atoms with Crippen molar-refractivity contribution in [1.82, 2.24) is 9.88 Å². The lowest BCUT2D eigenvalue weighted by Gasteiger charge is -2.23. The van der Waals surface area contributed by atoms with Crippen LogP contribution in [0.1, 0.15) is 41.1 Å². The van der Waals surface area contributed by atoms with E-state index in [4.69, 9.17) is 0 Å². The Morgan fingerprint density at radius 1 is 1.00 bits per heavy atom. The fourth-order valence-corrected chi connectivity index (χ4v) is 4.27. The molecular formula is C22H24ClF3N2. The highest BCUT2D eigenvalue weighted by Crippen LogP contribution is 2.36. The zero-order valence-electron chi connectivity index (χ0n) is 15.7. The fourth-order valence-electron chi connectivity index (χ4n) is 4.27. The van der Waals surface area contributed by atoms with Crippen LogP contribution in [-0.2, 0) is 12.7 Å². The van der Waals surface area contributed by atoms with E-state index in [-0.39, 0.29) is 12.4 Å². The minimum absolute atomic E-state index is 0. The second-order valence-corrected chi connectivity index (χ2v) is 7.32. The van der Waals surface area contributed by atoms with Gasteiger partial charge in [0.2, 0.25) is 0 Å². The lowest BCUT2D eigenvalue weighted by molar-refractivity contribution is -0.137. The van der Waals surface area contributed by atoms with E-state index in [2.05, 4.69) is 35.0 Å². The SMILES string of the molecule is Cc1c(C2CCNCC2)c2ccccc2n1Cc1ccc(C(F)(F)F)cc1.Cl. The summed E-state index contributed by atoms with van der Waals surface area (Å²) in [7, 11) is 0. The van der Waals surface area contributed by atoms with Gasteiger partial charge in [0.15, 0.2) is 0 Å². The molecule has 28 heavy (non-hydrogen) atoms. The highest BCUT2D eigenvalue weighted by Gasteiger charge is 2.30. The molecule has 1 aromatic heterocycles. The minimum Gasteiger partial charge on any atom is -0.340 e. The number of alkyl halides is 3. The van der Waals surface area contributed by atoms with E-state index in [1.807, 2.05) is 6.07 Å². The Morgan fingerprint density at radius 3 is 2.29 bits per heavy atom. The smallest absolute Gasteiger partial charge is 0.340 e. The highest BCUT2D eigenvalue weighted by molar-refractivity contribution is 5.86. The average molecular weight is 409 g/mol. The molecule has 1 fully saturated rings. The summed E-state index contributed by atoms with van der Waals surface area (Å²) in [6, 6.07) is 13.9. The molecule has 0 bridgehead atoms. The van der Waals surface area contributed by atoms with Crippen molar-refractivity contribution in [3.8, 4) is 0 Å². The van der Waals surface area contributed by atoms with Crippen molar-refractivity contribution >= 4 is 23.3 Å². The number of fused-ring (bicyclic) bond motifs is 1. The summed E-state index contributed by atoms with van der Waals surface area (Å²) < 4.78 is 40.7. The summed E-state index contributed by atoms with van der Waals surface area (Å²) >= 11 is 0. The molecule has 2 nitrogen and oxygen atoms in total. The monoisotopic (exact) mass is 408 g/mol. The van der Waals surface area contributed by atoms with Crippen LogP contribution >= 0.6 is 12.4 Å². The number of hydrogen-bond acceptors (Lipinski definition) is 1. The molecule has 4 rings (SSSR count). The van der Waals surface area contributed by atoms with E-state index in [1.165, 1.54) is 28.8 Å². The summed E-state index contributed by atoms with van der Waals surface area (Å²) in [4.78, 5) is 0. The summed E-state index contributed by atoms with van der Waals surface area (Å²) in [6.07, 6.45) is -2.05. The van der Waals surface area contributed by atoms with Gasteiger partial charge in [0.1, 0.15) is 0 Å². The van der Waals surface area contributed by atoms with Crippen molar-refractivity contribution in [2.24, 2.45) is 0 Å². The van der Waals surface area contributed by atoms with E-state index in [0.29, 0.717) is 12.5 Å². The number of rotatable bonds is 3. The van der Waals surface area contributed by atoms with E-state index in [1.54, 1.807) is 12.1 Å². The number of para-hydroxylation sites is 1. The van der Waals surface area contributed by atoms with Gasteiger partial charge in [-0.1, -0.05) is 30.3 Å². The third-order valence-electron chi connectivity index (χ3n) is 5.65. The molecule has 0 radical (unpaired) electrons. The van der Waals surface area contributed by atoms with E-state index in [9.17, 15) is 13.2 Å². The second-order valence-electron chi connectivity index (χ2n) is 7.32. The molecule has 0 unspecified atom stereocenters. The van der Waals surface area contributed by atoms with Crippen molar-refractivity contribution < 1.29 is 13.2 Å². The minimum atomic E-state index is -4.29. The number of nitrogens with zero attached hydrogens (tertiary/aromatic N) is 1. The van der Waals surface area contributed by atoms with Crippen LogP contribution in [0.15, 0.2) is 48.5 Å². The molecule has 0 aliphatic carbocycles. The van der Waals surface area contributed by atoms with Crippen molar-refractivity contribution in [2.45, 2.75) is 38.4 Å². The van der Waals surface area contributed by atoms with Gasteiger partial charge >= 0.3 is 6.18 Å². The molecule has 0 amide bonds. The maximum absolute atomic E-state index is 12.8. The van der Waals surface area contributed by atoms with E-state index in [0.717, 1.165) is 37.0 Å². The number of aromatic nitrogens is 1. The molecule has 1 aliphatic heterocycles. The zero-order chi connectivity index (χ0) is 19.0. The standard InChI is InChI=1S/C22H23F3N2.ClH/c1-15-21(17-10-12-26-13-11-17)19-4-2-3-5-20(19)27(15)14-16-6-8-18(9-7-16)22(23,24)25;/h2-9,17,26H,10-14H2,1H3;1H. The highest BCUT2D eigenvalue weighted by atomic mass is 35.5. The molecular weight excluding hydrogens is 385 g/mol. The second kappa shape index (κ2) is 8.18. The maximum atomic E-state index is 12.8. The summed E-state index contributed by atoms with van der Waals surface area (Å²) in [5.41, 5.74) is 4.06. The predicted molar refractivity (Wildman–Crippen MR) is 109 cm³/mol. The van der Waals surface area contributed by atoms with Gasteiger partial charge < -0.3 is 9.88 Å². The Hall–Kier alpha value is -1.98. The molecule has 1 N–H and O–H groups in total. The van der Waals surface area contributed by atoms with Crippen LogP contribution in [0.5, 0.6) is 0 Å². The van der Waals surface area contributed by atoms with Crippen LogP contribution in [0, 0.1) is 6.92 Å². The first kappa shape index (κ1) is 20.7. The van der Waals surface area contributed by atoms with Crippen molar-refractivity contribution in [3.63, 3.8) is 0 Å². The third-order valence-corrected chi connectivity index (χ3v) is 5.65. The van der Waals surface area contributed by atoms with Gasteiger partial charge in [-0.05, 0) is 68.1 Å². The zero-order valence-corrected chi connectivity index (χ0v) is 16.5. The maximum Gasteiger partial charge on any atom is 0.416 e. The summed E-state index contributed by atoms with van der Waals surface area (Å²) in [6.45, 7) is 4.78. The molecule has 6 heteroatoms. The summed E-state index contributed by atoms with van der Waals surface area (Å²) in [5.74, 6) is 0.532. The predicted octanol–water partition coefficient (Wildman–Crippen LogP) is 5.91. The number of benzene rings is 2. The quantitative estimate of drug-likeness (QED) is 0.570. The van der Waals surface area contributed by atoms with Crippen LogP contribution < -0.4 is 5.32 Å². The van der Waals surface area contributed by atoms with Gasteiger partial charge in [-0.3, -0.25) is 0 Å². The number of hydrogen-bond donors (Lipinski definition) is 1. The molecule has 2 heterocycles. The Morgan fingerprint density at radius 2 is 1.64 bits per heavy atom. The number of halogens is 4. The molecule has 2 aromatic carbocycles. The van der Waals surface area contributed by atoms with Crippen LogP contribution in [-0.4, -0.2) is 17.7 Å². The number of piperidine rings is 1. The first-order valence-corrected chi connectivity index (χ1v) is 9.39. The van der Waals surface area contributed by atoms with Crippen LogP contribution in [0.3, 0.4) is 0 Å². The Bertz CT molecular complexity index is 939. The molecule has 150 valence electrons. The molecule has 1 saturated heterocycles. The average Bonchev–Trinajstić information content (AvgIpc) is 2.94. The summed E-state index contributed by atoms with van der Waals surface area (Å²) in [5, 5.41) is 4.69. The lowest BCUT2D eigenvalue weighted by atomic mass is 9.88. The van der Waals surface area contributed by atoms with Crippen molar-refractivity contribution in [3.05, 3.63) is 70.9 Å². The Labute approximate surface area is 169 Å². The van der Waals surface area contributed by atoms with Gasteiger partial charge in [0, 0.05) is 23.1 Å². The Kier molecular flexibility index (Phi) is 6.06. The Balaban J connectivity index is 0.00000225. The third kappa shape index (κ3) is 3.91. The molecule has 0 atom stereocenters. The van der Waals surface area contributed by atoms with Gasteiger partial charge in [-0.25, -0.2) is 0 Å². The van der Waals surface area contributed by atoms with E-state index >= 15 is 0 Å². The largest absolute Gasteiger partial charge is 0.416 e. The van der Waals surface area contributed by atoms with Crippen molar-refractivity contribution in [1.29, 1.82) is 0 Å². The van der Waals surface area contributed by atoms with Crippen LogP contribution in [0.4, 0.5) is 13.2 Å². The molecule has 0 spiro atoms. The fraction of sp³-hybridized carbons (Fsp3) is 0.364. The van der Waals surface area contributed by atoms with Crippen LogP contribution in [0.2, 0.25) is 0 Å². The first-order valence-electron chi connectivity index (χ1n) is 9.39. The lowest BCUT2D eigenvalue weighted by Crippen LogP contribution is -2.26. The van der Waals surface area contributed by atoms with Gasteiger partial charge in [0.05, 0.1) is 5.56 Å².